The van der Waals surface area contributed by atoms with Crippen molar-refractivity contribution in [2.45, 2.75) is 13.5 Å². The molecule has 0 saturated heterocycles. The molecule has 0 aromatic carbocycles. The highest BCUT2D eigenvalue weighted by atomic mass is 16.1. The van der Waals surface area contributed by atoms with Crippen LogP contribution in [0.3, 0.4) is 0 Å². The van der Waals surface area contributed by atoms with Gasteiger partial charge in [0.25, 0.3) is 5.91 Å². The van der Waals surface area contributed by atoms with E-state index in [-0.39, 0.29) is 5.91 Å². The number of carbonyl (C=O) groups is 1. The van der Waals surface area contributed by atoms with Crippen molar-refractivity contribution < 1.29 is 4.79 Å². The van der Waals surface area contributed by atoms with Gasteiger partial charge in [0.15, 0.2) is 0 Å². The van der Waals surface area contributed by atoms with Gasteiger partial charge in [-0.15, -0.1) is 0 Å². The standard InChI is InChI=1S/C13H13N3O/c1-10-8-14-7-5-12(10)13(17)16-9-11-4-2-3-6-15-11/h2-8H,9H2,1H3,(H,16,17). The number of amides is 1. The maximum atomic E-state index is 11.9. The van der Waals surface area contributed by atoms with Crippen molar-refractivity contribution in [2.24, 2.45) is 0 Å². The van der Waals surface area contributed by atoms with Gasteiger partial charge < -0.3 is 5.32 Å². The molecule has 1 amide bonds. The highest BCUT2D eigenvalue weighted by Crippen LogP contribution is 2.04. The predicted molar refractivity (Wildman–Crippen MR) is 64.4 cm³/mol. The highest BCUT2D eigenvalue weighted by molar-refractivity contribution is 5.95. The van der Waals surface area contributed by atoms with Crippen molar-refractivity contribution in [3.63, 3.8) is 0 Å². The molecule has 2 rings (SSSR count). The summed E-state index contributed by atoms with van der Waals surface area (Å²) in [6.45, 7) is 2.30. The predicted octanol–water partition coefficient (Wildman–Crippen LogP) is 1.72. The normalized spacial score (nSPS) is 9.94. The van der Waals surface area contributed by atoms with E-state index in [1.165, 1.54) is 0 Å². The molecule has 17 heavy (non-hydrogen) atoms. The molecule has 4 nitrogen and oxygen atoms in total. The van der Waals surface area contributed by atoms with Gasteiger partial charge in [0.05, 0.1) is 12.2 Å². The Morgan fingerprint density at radius 2 is 2.18 bits per heavy atom. The van der Waals surface area contributed by atoms with Gasteiger partial charge >= 0.3 is 0 Å². The van der Waals surface area contributed by atoms with Crippen LogP contribution in [-0.4, -0.2) is 15.9 Å². The third kappa shape index (κ3) is 2.87. The molecular formula is C13H13N3O. The van der Waals surface area contributed by atoms with E-state index in [2.05, 4.69) is 15.3 Å². The van der Waals surface area contributed by atoms with Crippen LogP contribution in [0.5, 0.6) is 0 Å². The Morgan fingerprint density at radius 3 is 2.88 bits per heavy atom. The second-order valence-electron chi connectivity index (χ2n) is 3.69. The average molecular weight is 227 g/mol. The minimum Gasteiger partial charge on any atom is -0.346 e. The SMILES string of the molecule is Cc1cnccc1C(=O)NCc1ccccn1. The van der Waals surface area contributed by atoms with Gasteiger partial charge in [-0.1, -0.05) is 6.07 Å². The van der Waals surface area contributed by atoms with E-state index in [0.29, 0.717) is 12.1 Å². The summed E-state index contributed by atoms with van der Waals surface area (Å²) in [5.41, 5.74) is 2.36. The summed E-state index contributed by atoms with van der Waals surface area (Å²) >= 11 is 0. The zero-order valence-corrected chi connectivity index (χ0v) is 9.55. The van der Waals surface area contributed by atoms with Crippen molar-refractivity contribution in [1.82, 2.24) is 15.3 Å². The van der Waals surface area contributed by atoms with Crippen LogP contribution >= 0.6 is 0 Å². The minimum absolute atomic E-state index is 0.101. The lowest BCUT2D eigenvalue weighted by Gasteiger charge is -2.06. The molecule has 0 saturated carbocycles. The maximum Gasteiger partial charge on any atom is 0.251 e. The number of pyridine rings is 2. The average Bonchev–Trinajstić information content (AvgIpc) is 2.38. The Hall–Kier alpha value is -2.23. The van der Waals surface area contributed by atoms with E-state index in [4.69, 9.17) is 0 Å². The number of hydrogen-bond donors (Lipinski definition) is 1. The maximum absolute atomic E-state index is 11.9. The van der Waals surface area contributed by atoms with E-state index in [1.54, 1.807) is 24.7 Å². The second-order valence-corrected chi connectivity index (χ2v) is 3.69. The fraction of sp³-hybridized carbons (Fsp3) is 0.154. The lowest BCUT2D eigenvalue weighted by molar-refractivity contribution is 0.0949. The van der Waals surface area contributed by atoms with Crippen LogP contribution in [0.2, 0.25) is 0 Å². The molecule has 0 aliphatic heterocycles. The number of hydrogen-bond acceptors (Lipinski definition) is 3. The molecule has 0 atom stereocenters. The number of nitrogens with one attached hydrogen (secondary N) is 1. The molecule has 2 heterocycles. The number of rotatable bonds is 3. The number of carbonyl (C=O) groups excluding carboxylic acids is 1. The van der Waals surface area contributed by atoms with Crippen LogP contribution < -0.4 is 5.32 Å². The first-order valence-corrected chi connectivity index (χ1v) is 5.36. The van der Waals surface area contributed by atoms with Gasteiger partial charge in [-0.05, 0) is 30.7 Å². The van der Waals surface area contributed by atoms with Gasteiger partial charge in [-0.3, -0.25) is 14.8 Å². The topological polar surface area (TPSA) is 54.9 Å². The summed E-state index contributed by atoms with van der Waals surface area (Å²) in [7, 11) is 0. The Kier molecular flexibility index (Phi) is 3.45. The van der Waals surface area contributed by atoms with Crippen molar-refractivity contribution in [2.75, 3.05) is 0 Å². The third-order valence-corrected chi connectivity index (χ3v) is 2.42. The summed E-state index contributed by atoms with van der Waals surface area (Å²) in [5, 5.41) is 2.83. The number of aryl methyl sites for hydroxylation is 1. The van der Waals surface area contributed by atoms with E-state index >= 15 is 0 Å². The smallest absolute Gasteiger partial charge is 0.251 e. The van der Waals surface area contributed by atoms with Crippen LogP contribution in [0.25, 0.3) is 0 Å². The zero-order valence-electron chi connectivity index (χ0n) is 9.55. The van der Waals surface area contributed by atoms with Gasteiger partial charge in [-0.2, -0.15) is 0 Å². The van der Waals surface area contributed by atoms with Gasteiger partial charge in [0, 0.05) is 24.2 Å². The Morgan fingerprint density at radius 1 is 1.29 bits per heavy atom. The summed E-state index contributed by atoms with van der Waals surface area (Å²) in [5.74, 6) is -0.101. The zero-order chi connectivity index (χ0) is 12.1. The summed E-state index contributed by atoms with van der Waals surface area (Å²) in [6.07, 6.45) is 5.00. The van der Waals surface area contributed by atoms with Crippen LogP contribution in [-0.2, 0) is 6.54 Å². The van der Waals surface area contributed by atoms with Gasteiger partial charge in [0.2, 0.25) is 0 Å². The van der Waals surface area contributed by atoms with Crippen molar-refractivity contribution in [3.05, 3.63) is 59.7 Å². The molecule has 0 fully saturated rings. The van der Waals surface area contributed by atoms with E-state index in [0.717, 1.165) is 11.3 Å². The third-order valence-electron chi connectivity index (χ3n) is 2.42. The van der Waals surface area contributed by atoms with E-state index in [9.17, 15) is 4.79 Å². The molecule has 86 valence electrons. The summed E-state index contributed by atoms with van der Waals surface area (Å²) in [6, 6.07) is 7.33. The molecule has 0 aliphatic carbocycles. The molecule has 4 heteroatoms. The number of aromatic nitrogens is 2. The monoisotopic (exact) mass is 227 g/mol. The van der Waals surface area contributed by atoms with Crippen LogP contribution in [0.4, 0.5) is 0 Å². The van der Waals surface area contributed by atoms with Crippen LogP contribution in [0, 0.1) is 6.92 Å². The lowest BCUT2D eigenvalue weighted by Crippen LogP contribution is -2.24. The van der Waals surface area contributed by atoms with E-state index < -0.39 is 0 Å². The molecule has 0 bridgehead atoms. The fourth-order valence-corrected chi connectivity index (χ4v) is 1.50. The lowest BCUT2D eigenvalue weighted by atomic mass is 10.1. The van der Waals surface area contributed by atoms with Crippen LogP contribution in [0.15, 0.2) is 42.9 Å². The Balaban J connectivity index is 2.01. The minimum atomic E-state index is -0.101. The quantitative estimate of drug-likeness (QED) is 0.868. The Labute approximate surface area is 99.7 Å². The van der Waals surface area contributed by atoms with Gasteiger partial charge in [0.1, 0.15) is 0 Å². The van der Waals surface area contributed by atoms with Gasteiger partial charge in [-0.25, -0.2) is 0 Å². The second kappa shape index (κ2) is 5.21. The molecule has 0 spiro atoms. The van der Waals surface area contributed by atoms with Crippen molar-refractivity contribution in [3.8, 4) is 0 Å². The largest absolute Gasteiger partial charge is 0.346 e. The first kappa shape index (κ1) is 11.3. The van der Waals surface area contributed by atoms with Crippen molar-refractivity contribution >= 4 is 5.91 Å². The first-order valence-electron chi connectivity index (χ1n) is 5.36. The molecule has 1 N–H and O–H groups in total. The van der Waals surface area contributed by atoms with Crippen molar-refractivity contribution in [1.29, 1.82) is 0 Å². The first-order chi connectivity index (χ1) is 8.27. The fourth-order valence-electron chi connectivity index (χ4n) is 1.50. The highest BCUT2D eigenvalue weighted by Gasteiger charge is 2.07. The van der Waals surface area contributed by atoms with E-state index in [1.807, 2.05) is 25.1 Å². The summed E-state index contributed by atoms with van der Waals surface area (Å²) < 4.78 is 0. The Bertz CT molecular complexity index is 511. The molecule has 0 unspecified atom stereocenters. The molecular weight excluding hydrogens is 214 g/mol. The molecule has 0 radical (unpaired) electrons. The molecule has 0 aliphatic rings. The number of nitrogens with zero attached hydrogens (tertiary/aromatic N) is 2. The molecule has 2 aromatic rings. The van der Waals surface area contributed by atoms with Crippen LogP contribution in [0.1, 0.15) is 21.6 Å². The summed E-state index contributed by atoms with van der Waals surface area (Å²) in [4.78, 5) is 20.0. The molecule has 2 aromatic heterocycles.